The number of nitrogens with zero attached hydrogens (tertiary/aromatic N) is 4. The molecule has 0 aromatic carbocycles. The van der Waals surface area contributed by atoms with Gasteiger partial charge >= 0.3 is 0 Å². The molecule has 192 valence electrons. The molecule has 11 nitrogen and oxygen atoms in total. The number of anilines is 3. The summed E-state index contributed by atoms with van der Waals surface area (Å²) in [6, 6.07) is 4.36. The van der Waals surface area contributed by atoms with Crippen LogP contribution < -0.4 is 21.5 Å². The van der Waals surface area contributed by atoms with Crippen LogP contribution in [0.15, 0.2) is 33.7 Å². The summed E-state index contributed by atoms with van der Waals surface area (Å²) in [6.07, 6.45) is 2.67. The Morgan fingerprint density at radius 1 is 1.25 bits per heavy atom. The number of amides is 1. The number of pyridine rings is 2. The number of carbonyl (C=O) groups excluding carboxylic acids is 1. The molecule has 0 spiro atoms. The summed E-state index contributed by atoms with van der Waals surface area (Å²) in [5, 5.41) is 13.0. The first-order valence-electron chi connectivity index (χ1n) is 12.0. The van der Waals surface area contributed by atoms with Crippen LogP contribution in [0.25, 0.3) is 11.0 Å². The molecule has 1 aliphatic carbocycles. The van der Waals surface area contributed by atoms with Crippen LogP contribution in [0.4, 0.5) is 21.6 Å². The minimum Gasteiger partial charge on any atom is -0.386 e. The number of nitrogens with one attached hydrogen (secondary N) is 3. The van der Waals surface area contributed by atoms with E-state index in [0.29, 0.717) is 30.0 Å². The number of hydrogen-bond acceptors (Lipinski definition) is 9. The molecule has 1 amide bonds. The fraction of sp³-hybridized carbons (Fsp3) is 0.500. The van der Waals surface area contributed by atoms with Crippen molar-refractivity contribution < 1.29 is 18.4 Å². The summed E-state index contributed by atoms with van der Waals surface area (Å²) >= 11 is 0. The van der Waals surface area contributed by atoms with Gasteiger partial charge in [0.25, 0.3) is 11.5 Å². The van der Waals surface area contributed by atoms with Crippen molar-refractivity contribution in [3.8, 4) is 0 Å². The van der Waals surface area contributed by atoms with Crippen LogP contribution >= 0.6 is 0 Å². The largest absolute Gasteiger partial charge is 0.386 e. The van der Waals surface area contributed by atoms with Crippen molar-refractivity contribution in [3.63, 3.8) is 0 Å². The summed E-state index contributed by atoms with van der Waals surface area (Å²) in [7, 11) is 5.19. The number of alkyl halides is 1. The Labute approximate surface area is 207 Å². The molecular weight excluding hydrogens is 469 g/mol. The molecule has 1 saturated heterocycles. The van der Waals surface area contributed by atoms with Gasteiger partial charge in [-0.15, -0.1) is 0 Å². The van der Waals surface area contributed by atoms with Crippen LogP contribution in [0, 0.1) is 0 Å². The summed E-state index contributed by atoms with van der Waals surface area (Å²) in [6.45, 7) is 0.992. The molecule has 4 atom stereocenters. The van der Waals surface area contributed by atoms with Gasteiger partial charge in [-0.2, -0.15) is 0 Å². The molecule has 0 bridgehead atoms. The lowest BCUT2D eigenvalue weighted by atomic mass is 9.89. The summed E-state index contributed by atoms with van der Waals surface area (Å²) in [5.41, 5.74) is 1.12. The highest BCUT2D eigenvalue weighted by Gasteiger charge is 2.34. The first-order valence-corrected chi connectivity index (χ1v) is 12.0. The van der Waals surface area contributed by atoms with E-state index >= 15 is 0 Å². The van der Waals surface area contributed by atoms with Crippen LogP contribution in [0.5, 0.6) is 0 Å². The number of halogens is 1. The van der Waals surface area contributed by atoms with E-state index in [4.69, 9.17) is 9.26 Å². The number of aromatic nitrogens is 3. The van der Waals surface area contributed by atoms with E-state index in [0.717, 1.165) is 12.8 Å². The lowest BCUT2D eigenvalue weighted by molar-refractivity contribution is 0.00678. The molecule has 0 unspecified atom stereocenters. The van der Waals surface area contributed by atoms with E-state index < -0.39 is 18.1 Å². The molecule has 2 aliphatic rings. The highest BCUT2D eigenvalue weighted by molar-refractivity contribution is 6.05. The summed E-state index contributed by atoms with van der Waals surface area (Å²) in [5.74, 6) is -0.143. The molecule has 3 aromatic rings. The Balaban J connectivity index is 1.44. The van der Waals surface area contributed by atoms with Gasteiger partial charge in [-0.3, -0.25) is 9.59 Å². The first-order chi connectivity index (χ1) is 17.4. The molecule has 12 heteroatoms. The van der Waals surface area contributed by atoms with Crippen molar-refractivity contribution >= 4 is 34.1 Å². The predicted octanol–water partition coefficient (Wildman–Crippen LogP) is 2.29. The summed E-state index contributed by atoms with van der Waals surface area (Å²) in [4.78, 5) is 32.6. The minimum absolute atomic E-state index is 0.0241. The second kappa shape index (κ2) is 9.86. The Kier molecular flexibility index (Phi) is 6.63. The fourth-order valence-electron chi connectivity index (χ4n) is 4.84. The number of carbonyl (C=O) groups is 1. The van der Waals surface area contributed by atoms with Gasteiger partial charge in [0, 0.05) is 39.5 Å². The molecular formula is C24H30FN7O4. The number of methoxy groups -OCH3 is 1. The number of fused-ring (bicyclic) bond motifs is 1. The van der Waals surface area contributed by atoms with Crippen LogP contribution in [-0.2, 0) is 4.74 Å². The van der Waals surface area contributed by atoms with Crippen molar-refractivity contribution in [3.05, 3.63) is 40.5 Å². The van der Waals surface area contributed by atoms with Gasteiger partial charge in [-0.1, -0.05) is 5.16 Å². The van der Waals surface area contributed by atoms with Crippen molar-refractivity contribution in [2.24, 2.45) is 0 Å². The number of hydrogen-bond donors (Lipinski definition) is 3. The molecule has 0 radical (unpaired) electrons. The van der Waals surface area contributed by atoms with Gasteiger partial charge in [0.2, 0.25) is 5.76 Å². The van der Waals surface area contributed by atoms with Crippen molar-refractivity contribution in [2.75, 3.05) is 44.9 Å². The van der Waals surface area contributed by atoms with Crippen LogP contribution in [0.3, 0.4) is 0 Å². The van der Waals surface area contributed by atoms with E-state index in [9.17, 15) is 14.0 Å². The zero-order valence-electron chi connectivity index (χ0n) is 20.5. The van der Waals surface area contributed by atoms with Crippen molar-refractivity contribution in [1.82, 2.24) is 24.9 Å². The lowest BCUT2D eigenvalue weighted by Crippen LogP contribution is -2.51. The van der Waals surface area contributed by atoms with Crippen LogP contribution in [-0.4, -0.2) is 78.1 Å². The molecule has 4 heterocycles. The average Bonchev–Trinajstić information content (AvgIpc) is 3.27. The maximum absolute atomic E-state index is 14.7. The smallest absolute Gasteiger partial charge is 0.292 e. The van der Waals surface area contributed by atoms with Gasteiger partial charge in [-0.05, 0) is 38.4 Å². The second-order valence-corrected chi connectivity index (χ2v) is 9.34. The second-order valence-electron chi connectivity index (χ2n) is 9.34. The predicted molar refractivity (Wildman–Crippen MR) is 133 cm³/mol. The molecule has 36 heavy (non-hydrogen) atoms. The van der Waals surface area contributed by atoms with Crippen molar-refractivity contribution in [2.45, 2.75) is 43.6 Å². The maximum Gasteiger partial charge on any atom is 0.292 e. The quantitative estimate of drug-likeness (QED) is 0.449. The topological polar surface area (TPSA) is 127 Å². The number of rotatable bonds is 7. The number of piperidine rings is 1. The third-order valence-electron chi connectivity index (χ3n) is 7.05. The Hall–Kier alpha value is -3.51. The standard InChI is InChI=1S/C24H30FN7O4/c1-26-16-11-19(27-15-5-4-9-32(24(15)34)17-8-10-31(2)12-13(17)25)29-21-20(16)30-36-22(21)23(33)28-14-6-7-18(14)35-3/h4-5,9,11,13-14,17-18,26H,6-8,10,12H2,1-3H3,(H,27,29)(H,28,33)/t13-,14-,17-,18-/m1/s1. The fourth-order valence-corrected chi connectivity index (χ4v) is 4.84. The highest BCUT2D eigenvalue weighted by atomic mass is 19.1. The monoisotopic (exact) mass is 499 g/mol. The zero-order valence-corrected chi connectivity index (χ0v) is 20.5. The van der Waals surface area contributed by atoms with Gasteiger partial charge in [0.15, 0.2) is 5.52 Å². The Morgan fingerprint density at radius 3 is 2.78 bits per heavy atom. The van der Waals surface area contributed by atoms with Gasteiger partial charge in [0.05, 0.1) is 23.9 Å². The van der Waals surface area contributed by atoms with E-state index in [1.807, 2.05) is 11.9 Å². The van der Waals surface area contributed by atoms with Gasteiger partial charge < -0.3 is 34.7 Å². The Bertz CT molecular complexity index is 1320. The molecule has 2 fully saturated rings. The first kappa shape index (κ1) is 24.2. The zero-order chi connectivity index (χ0) is 25.4. The molecule has 3 aromatic heterocycles. The van der Waals surface area contributed by atoms with E-state index in [-0.39, 0.29) is 41.2 Å². The summed E-state index contributed by atoms with van der Waals surface area (Å²) < 4.78 is 26.9. The van der Waals surface area contributed by atoms with E-state index in [1.54, 1.807) is 38.6 Å². The normalized spacial score (nSPS) is 24.3. The van der Waals surface area contributed by atoms with Crippen LogP contribution in [0.1, 0.15) is 35.9 Å². The van der Waals surface area contributed by atoms with E-state index in [1.165, 1.54) is 4.57 Å². The Morgan fingerprint density at radius 2 is 2.08 bits per heavy atom. The van der Waals surface area contributed by atoms with Gasteiger partial charge in [-0.25, -0.2) is 9.37 Å². The van der Waals surface area contributed by atoms with E-state index in [2.05, 4.69) is 26.1 Å². The molecule has 1 saturated carbocycles. The van der Waals surface area contributed by atoms with Gasteiger partial charge in [0.1, 0.15) is 23.2 Å². The van der Waals surface area contributed by atoms with Crippen molar-refractivity contribution in [1.29, 1.82) is 0 Å². The average molecular weight is 500 g/mol. The lowest BCUT2D eigenvalue weighted by Gasteiger charge is -2.35. The molecule has 1 aliphatic heterocycles. The minimum atomic E-state index is -1.14. The number of likely N-dealkylation sites (tertiary alicyclic amines) is 1. The maximum atomic E-state index is 14.7. The molecule has 5 rings (SSSR count). The highest BCUT2D eigenvalue weighted by Crippen LogP contribution is 2.29. The third-order valence-corrected chi connectivity index (χ3v) is 7.05. The van der Waals surface area contributed by atoms with Crippen LogP contribution in [0.2, 0.25) is 0 Å². The molecule has 3 N–H and O–H groups in total. The third kappa shape index (κ3) is 4.42. The SMILES string of the molecule is CNc1cc(Nc2cccn([C@@H]3CCN(C)C[C@H]3F)c2=O)nc2c(C(=O)N[C@@H]3CC[C@H]3OC)onc12. The number of ether oxygens (including phenoxy) is 1.